The van der Waals surface area contributed by atoms with Gasteiger partial charge in [-0.2, -0.15) is 0 Å². The lowest BCUT2D eigenvalue weighted by molar-refractivity contribution is 0.0991. The van der Waals surface area contributed by atoms with E-state index in [9.17, 15) is 4.79 Å². The molecule has 0 unspecified atom stereocenters. The number of amides is 1. The molecule has 31 heavy (non-hydrogen) atoms. The molecule has 2 aromatic heterocycles. The first kappa shape index (κ1) is 21.2. The van der Waals surface area contributed by atoms with Crippen molar-refractivity contribution in [2.24, 2.45) is 5.92 Å². The van der Waals surface area contributed by atoms with Gasteiger partial charge < -0.3 is 9.47 Å². The summed E-state index contributed by atoms with van der Waals surface area (Å²) in [7, 11) is 3.39. The zero-order chi connectivity index (χ0) is 21.8. The monoisotopic (exact) mass is 421 g/mol. The van der Waals surface area contributed by atoms with Crippen LogP contribution in [0.4, 0.5) is 5.82 Å². The van der Waals surface area contributed by atoms with Crippen LogP contribution in [0, 0.1) is 5.92 Å². The van der Waals surface area contributed by atoms with Crippen molar-refractivity contribution >= 4 is 17.4 Å². The molecule has 0 saturated heterocycles. The van der Waals surface area contributed by atoms with E-state index in [0.29, 0.717) is 17.2 Å². The normalized spacial score (nSPS) is 14.5. The Labute approximate surface area is 183 Å². The molecular weight excluding hydrogens is 390 g/mol. The number of aromatic nitrogens is 2. The second kappa shape index (κ2) is 9.41. The third kappa shape index (κ3) is 4.38. The number of carbonyl (C=O) groups is 1. The van der Waals surface area contributed by atoms with Gasteiger partial charge in [0.15, 0.2) is 11.4 Å². The van der Waals surface area contributed by atoms with Crippen LogP contribution in [0.5, 0.6) is 11.5 Å². The molecular formula is C25H31N3O3. The molecule has 164 valence electrons. The minimum absolute atomic E-state index is 0.107. The Morgan fingerprint density at radius 1 is 1.19 bits per heavy atom. The highest BCUT2D eigenvalue weighted by atomic mass is 16.5. The number of hydrogen-bond acceptors (Lipinski definition) is 4. The Kier molecular flexibility index (Phi) is 6.44. The minimum Gasteiger partial charge on any atom is -0.497 e. The lowest BCUT2D eigenvalue weighted by Gasteiger charge is -2.22. The molecule has 3 aromatic rings. The Bertz CT molecular complexity index is 1050. The molecule has 1 amide bonds. The first-order valence-corrected chi connectivity index (χ1v) is 11.2. The Morgan fingerprint density at radius 2 is 2.00 bits per heavy atom. The van der Waals surface area contributed by atoms with Crippen LogP contribution in [0.1, 0.15) is 55.1 Å². The van der Waals surface area contributed by atoms with Crippen LogP contribution in [0.2, 0.25) is 0 Å². The number of anilines is 1. The van der Waals surface area contributed by atoms with Gasteiger partial charge in [0.05, 0.1) is 19.4 Å². The average molecular weight is 422 g/mol. The summed E-state index contributed by atoms with van der Waals surface area (Å²) in [4.78, 5) is 19.7. The maximum absolute atomic E-state index is 13.2. The standard InChI is InChI=1S/C25H31N3O3/c1-4-21-24(27(2)25(29)19-12-8-13-20(16-19)30-3)28-15-9-14-22(23(28)26-21)31-17-18-10-6-5-7-11-18/h8-9,12-16,18H,4-7,10-11,17H2,1-3H3. The molecule has 0 aliphatic heterocycles. The molecule has 0 N–H and O–H groups in total. The van der Waals surface area contributed by atoms with Crippen molar-refractivity contribution in [3.8, 4) is 11.5 Å². The quantitative estimate of drug-likeness (QED) is 0.530. The van der Waals surface area contributed by atoms with E-state index in [0.717, 1.165) is 35.9 Å². The Morgan fingerprint density at radius 3 is 2.74 bits per heavy atom. The van der Waals surface area contributed by atoms with Crippen molar-refractivity contribution in [1.82, 2.24) is 9.38 Å². The van der Waals surface area contributed by atoms with Crippen LogP contribution >= 0.6 is 0 Å². The van der Waals surface area contributed by atoms with Gasteiger partial charge in [0.2, 0.25) is 0 Å². The zero-order valence-electron chi connectivity index (χ0n) is 18.6. The second-order valence-electron chi connectivity index (χ2n) is 8.21. The second-order valence-corrected chi connectivity index (χ2v) is 8.21. The molecule has 0 bridgehead atoms. The smallest absolute Gasteiger partial charge is 0.259 e. The third-order valence-electron chi connectivity index (χ3n) is 6.13. The molecule has 1 aliphatic carbocycles. The molecule has 6 heteroatoms. The van der Waals surface area contributed by atoms with Gasteiger partial charge in [-0.1, -0.05) is 32.3 Å². The fraction of sp³-hybridized carbons (Fsp3) is 0.440. The van der Waals surface area contributed by atoms with Gasteiger partial charge in [0.1, 0.15) is 11.6 Å². The van der Waals surface area contributed by atoms with Crippen LogP contribution in [-0.4, -0.2) is 36.1 Å². The summed E-state index contributed by atoms with van der Waals surface area (Å²) >= 11 is 0. The van der Waals surface area contributed by atoms with E-state index in [1.165, 1.54) is 32.1 Å². The lowest BCUT2D eigenvalue weighted by atomic mass is 9.90. The number of hydrogen-bond donors (Lipinski definition) is 0. The summed E-state index contributed by atoms with van der Waals surface area (Å²) in [5.41, 5.74) is 2.20. The number of methoxy groups -OCH3 is 1. The largest absolute Gasteiger partial charge is 0.497 e. The van der Waals surface area contributed by atoms with Crippen molar-refractivity contribution in [2.75, 3.05) is 25.7 Å². The topological polar surface area (TPSA) is 56.1 Å². The highest BCUT2D eigenvalue weighted by Crippen LogP contribution is 2.30. The molecule has 2 heterocycles. The van der Waals surface area contributed by atoms with E-state index in [1.54, 1.807) is 31.2 Å². The first-order valence-electron chi connectivity index (χ1n) is 11.2. The number of nitrogens with zero attached hydrogens (tertiary/aromatic N) is 3. The van der Waals surface area contributed by atoms with Crippen molar-refractivity contribution in [3.63, 3.8) is 0 Å². The molecule has 0 radical (unpaired) electrons. The minimum atomic E-state index is -0.107. The molecule has 1 aliphatic rings. The van der Waals surface area contributed by atoms with Crippen LogP contribution < -0.4 is 14.4 Å². The maximum atomic E-state index is 13.2. The van der Waals surface area contributed by atoms with Gasteiger partial charge in [-0.15, -0.1) is 0 Å². The number of carbonyl (C=O) groups excluding carboxylic acids is 1. The fourth-order valence-corrected chi connectivity index (χ4v) is 4.39. The van der Waals surface area contributed by atoms with E-state index >= 15 is 0 Å². The third-order valence-corrected chi connectivity index (χ3v) is 6.13. The number of pyridine rings is 1. The molecule has 1 fully saturated rings. The van der Waals surface area contributed by atoms with Crippen molar-refractivity contribution in [3.05, 3.63) is 53.9 Å². The number of fused-ring (bicyclic) bond motifs is 1. The predicted molar refractivity (Wildman–Crippen MR) is 122 cm³/mol. The highest BCUT2D eigenvalue weighted by molar-refractivity contribution is 6.06. The average Bonchev–Trinajstić information content (AvgIpc) is 3.21. The van der Waals surface area contributed by atoms with Gasteiger partial charge in [-0.05, 0) is 55.5 Å². The molecule has 6 nitrogen and oxygen atoms in total. The predicted octanol–water partition coefficient (Wildman–Crippen LogP) is 5.14. The summed E-state index contributed by atoms with van der Waals surface area (Å²) in [5, 5.41) is 0. The van der Waals surface area contributed by atoms with E-state index in [2.05, 4.69) is 6.92 Å². The summed E-state index contributed by atoms with van der Waals surface area (Å²) in [6.45, 7) is 2.78. The molecule has 0 atom stereocenters. The van der Waals surface area contributed by atoms with Gasteiger partial charge in [-0.3, -0.25) is 14.1 Å². The summed E-state index contributed by atoms with van der Waals surface area (Å²) in [6.07, 6.45) is 9.06. The molecule has 1 saturated carbocycles. The summed E-state index contributed by atoms with van der Waals surface area (Å²) in [6, 6.07) is 11.1. The van der Waals surface area contributed by atoms with Crippen molar-refractivity contribution < 1.29 is 14.3 Å². The highest BCUT2D eigenvalue weighted by Gasteiger charge is 2.23. The zero-order valence-corrected chi connectivity index (χ0v) is 18.6. The van der Waals surface area contributed by atoms with E-state index < -0.39 is 0 Å². The summed E-state index contributed by atoms with van der Waals surface area (Å²) < 4.78 is 13.5. The first-order chi connectivity index (χ1) is 15.1. The van der Waals surface area contributed by atoms with Gasteiger partial charge in [0, 0.05) is 18.8 Å². The van der Waals surface area contributed by atoms with Crippen molar-refractivity contribution in [2.45, 2.75) is 45.4 Å². The number of ether oxygens (including phenoxy) is 2. The summed E-state index contributed by atoms with van der Waals surface area (Å²) in [5.74, 6) is 2.71. The fourth-order valence-electron chi connectivity index (χ4n) is 4.39. The van der Waals surface area contributed by atoms with Crippen LogP contribution in [0.25, 0.3) is 5.65 Å². The van der Waals surface area contributed by atoms with E-state index in [4.69, 9.17) is 14.5 Å². The molecule has 0 spiro atoms. The van der Waals surface area contributed by atoms with Crippen LogP contribution in [-0.2, 0) is 6.42 Å². The Hall–Kier alpha value is -3.02. The van der Waals surface area contributed by atoms with Gasteiger partial charge >= 0.3 is 0 Å². The number of imidazole rings is 1. The Balaban J connectivity index is 1.64. The SMILES string of the molecule is CCc1nc2c(OCC3CCCCC3)cccn2c1N(C)C(=O)c1cccc(OC)c1. The van der Waals surface area contributed by atoms with Crippen LogP contribution in [0.3, 0.4) is 0 Å². The number of benzene rings is 1. The van der Waals surface area contributed by atoms with E-state index in [1.807, 2.05) is 34.9 Å². The molecule has 1 aromatic carbocycles. The maximum Gasteiger partial charge on any atom is 0.259 e. The lowest BCUT2D eigenvalue weighted by Crippen LogP contribution is -2.28. The number of aryl methyl sites for hydroxylation is 1. The molecule has 4 rings (SSSR count). The number of rotatable bonds is 7. The van der Waals surface area contributed by atoms with Gasteiger partial charge in [0.25, 0.3) is 5.91 Å². The van der Waals surface area contributed by atoms with Crippen molar-refractivity contribution in [1.29, 1.82) is 0 Å². The van der Waals surface area contributed by atoms with Gasteiger partial charge in [-0.25, -0.2) is 4.98 Å². The van der Waals surface area contributed by atoms with Crippen LogP contribution in [0.15, 0.2) is 42.6 Å². The van der Waals surface area contributed by atoms with E-state index in [-0.39, 0.29) is 5.91 Å².